The van der Waals surface area contributed by atoms with Crippen molar-refractivity contribution in [3.63, 3.8) is 0 Å². The minimum absolute atomic E-state index is 0. The Bertz CT molecular complexity index is 1690. The summed E-state index contributed by atoms with van der Waals surface area (Å²) in [5, 5.41) is 11.9. The van der Waals surface area contributed by atoms with Crippen molar-refractivity contribution in [3.8, 4) is 22.5 Å². The fraction of sp³-hybridized carbons (Fsp3) is 0.419. The van der Waals surface area contributed by atoms with E-state index in [-0.39, 0.29) is 31.3 Å². The number of fused-ring (bicyclic) bond motifs is 1. The average Bonchev–Trinajstić information content (AvgIpc) is 3.65. The van der Waals surface area contributed by atoms with E-state index in [0.29, 0.717) is 16.5 Å². The largest absolute Gasteiger partial charge is 0.344 e. The highest BCUT2D eigenvalue weighted by molar-refractivity contribution is 6.31. The molecular weight excluding hydrogens is 552 g/mol. The maximum absolute atomic E-state index is 12.5. The Hall–Kier alpha value is -4.05. The molecule has 0 unspecified atom stereocenters. The number of hydrogen-bond donors (Lipinski definition) is 2. The topological polar surface area (TPSA) is 127 Å². The lowest BCUT2D eigenvalue weighted by molar-refractivity contribution is 0.0907. The molecule has 0 aliphatic rings. The van der Waals surface area contributed by atoms with Crippen LogP contribution >= 0.6 is 11.6 Å². The van der Waals surface area contributed by atoms with Gasteiger partial charge in [0.05, 0.1) is 16.8 Å². The molecule has 0 saturated carbocycles. The van der Waals surface area contributed by atoms with E-state index in [1.807, 2.05) is 70.5 Å². The van der Waals surface area contributed by atoms with Crippen molar-refractivity contribution in [2.24, 2.45) is 0 Å². The fourth-order valence-electron chi connectivity index (χ4n) is 4.51. The summed E-state index contributed by atoms with van der Waals surface area (Å²) in [6.45, 7) is 18.3. The minimum Gasteiger partial charge on any atom is -0.344 e. The number of carbonyl (C=O) groups is 1. The van der Waals surface area contributed by atoms with Crippen LogP contribution in [0.1, 0.15) is 95.4 Å². The first-order valence-electron chi connectivity index (χ1n) is 13.8. The molecule has 224 valence electrons. The quantitative estimate of drug-likeness (QED) is 0.207. The Morgan fingerprint density at radius 1 is 1.14 bits per heavy atom. The van der Waals surface area contributed by atoms with E-state index in [4.69, 9.17) is 26.2 Å². The van der Waals surface area contributed by atoms with Gasteiger partial charge in [-0.3, -0.25) is 9.48 Å². The first-order valence-corrected chi connectivity index (χ1v) is 14.1. The van der Waals surface area contributed by atoms with Gasteiger partial charge in [-0.25, -0.2) is 9.97 Å². The zero-order chi connectivity index (χ0) is 30.1. The molecule has 5 rings (SSSR count). The Labute approximate surface area is 252 Å². The van der Waals surface area contributed by atoms with Gasteiger partial charge in [0.25, 0.3) is 0 Å². The highest BCUT2D eigenvalue weighted by Gasteiger charge is 2.24. The lowest BCUT2D eigenvalue weighted by Crippen LogP contribution is -2.23. The third-order valence-electron chi connectivity index (χ3n) is 6.54. The molecule has 10 nitrogen and oxygen atoms in total. The van der Waals surface area contributed by atoms with Crippen LogP contribution in [-0.4, -0.2) is 40.8 Å². The van der Waals surface area contributed by atoms with Crippen LogP contribution < -0.4 is 5.32 Å². The molecule has 2 N–H and O–H groups in total. The summed E-state index contributed by atoms with van der Waals surface area (Å²) in [5.74, 6) is 0.671. The number of pyridine rings is 1. The van der Waals surface area contributed by atoms with Crippen LogP contribution in [0.2, 0.25) is 5.02 Å². The molecule has 0 bridgehead atoms. The van der Waals surface area contributed by atoms with Gasteiger partial charge in [0.15, 0.2) is 11.5 Å². The van der Waals surface area contributed by atoms with E-state index in [2.05, 4.69) is 46.2 Å². The Morgan fingerprint density at radius 3 is 2.45 bits per heavy atom. The number of H-pyrrole nitrogens is 1. The molecule has 1 aromatic carbocycles. The highest BCUT2D eigenvalue weighted by Crippen LogP contribution is 2.33. The van der Waals surface area contributed by atoms with Crippen LogP contribution in [0.15, 0.2) is 35.0 Å². The zero-order valence-electron chi connectivity index (χ0n) is 25.0. The summed E-state index contributed by atoms with van der Waals surface area (Å²) in [6, 6.07) is 7.89. The van der Waals surface area contributed by atoms with Crippen molar-refractivity contribution in [1.82, 2.24) is 40.2 Å². The number of aromatic amines is 1. The molecule has 11 heteroatoms. The molecule has 0 atom stereocenters. The standard InChI is InChI=1S/C28H31ClN8O2.C2H6.CH4/c1-14(2)37-16(4)21(15(3)35-37)23-32-22-19(10-11-30-24(22)33-23)17-8-9-18(20(29)12-17)13-31-25(38)26-34-27(36-39-26)28(5,6)7;1-2;/h8-12,14H,13H2,1-7H3,(H,31,38)(H,30,32,33);1-2H3;1H4. The lowest BCUT2D eigenvalue weighted by Gasteiger charge is -2.11. The molecule has 0 radical (unpaired) electrons. The van der Waals surface area contributed by atoms with Gasteiger partial charge in [-0.2, -0.15) is 10.1 Å². The number of nitrogens with zero attached hydrogens (tertiary/aromatic N) is 6. The van der Waals surface area contributed by atoms with Crippen molar-refractivity contribution in [2.75, 3.05) is 0 Å². The predicted octanol–water partition coefficient (Wildman–Crippen LogP) is 7.61. The molecule has 0 saturated heterocycles. The summed E-state index contributed by atoms with van der Waals surface area (Å²) in [7, 11) is 0. The third kappa shape index (κ3) is 6.38. The summed E-state index contributed by atoms with van der Waals surface area (Å²) >= 11 is 6.64. The van der Waals surface area contributed by atoms with E-state index >= 15 is 0 Å². The maximum Gasteiger partial charge on any atom is 0.315 e. The van der Waals surface area contributed by atoms with Gasteiger partial charge in [-0.15, -0.1) is 0 Å². The molecule has 4 heterocycles. The third-order valence-corrected chi connectivity index (χ3v) is 6.89. The van der Waals surface area contributed by atoms with Crippen molar-refractivity contribution in [3.05, 3.63) is 64.2 Å². The first-order chi connectivity index (χ1) is 19.4. The fourth-order valence-corrected chi connectivity index (χ4v) is 4.76. The van der Waals surface area contributed by atoms with Gasteiger partial charge < -0.3 is 14.8 Å². The summed E-state index contributed by atoms with van der Waals surface area (Å²) in [5.41, 5.74) is 6.62. The number of amides is 1. The Balaban J connectivity index is 0.00000158. The Morgan fingerprint density at radius 2 is 1.86 bits per heavy atom. The molecule has 0 aliphatic heterocycles. The minimum atomic E-state index is -0.453. The number of benzene rings is 1. The van der Waals surface area contributed by atoms with Crippen molar-refractivity contribution in [1.29, 1.82) is 0 Å². The first kappa shape index (κ1) is 32.5. The number of hydrogen-bond acceptors (Lipinski definition) is 7. The summed E-state index contributed by atoms with van der Waals surface area (Å²) < 4.78 is 7.13. The van der Waals surface area contributed by atoms with Crippen LogP contribution in [-0.2, 0) is 12.0 Å². The molecule has 0 fully saturated rings. The van der Waals surface area contributed by atoms with Crippen molar-refractivity contribution in [2.45, 2.75) is 87.7 Å². The molecular formula is C31H41ClN8O2. The Kier molecular flexibility index (Phi) is 9.94. The van der Waals surface area contributed by atoms with E-state index in [1.165, 1.54) is 0 Å². The van der Waals surface area contributed by atoms with Crippen LogP contribution in [0.4, 0.5) is 0 Å². The van der Waals surface area contributed by atoms with Gasteiger partial charge in [-0.1, -0.05) is 70.9 Å². The highest BCUT2D eigenvalue weighted by atomic mass is 35.5. The van der Waals surface area contributed by atoms with E-state index < -0.39 is 5.91 Å². The number of rotatable bonds is 6. The number of nitrogens with one attached hydrogen (secondary N) is 2. The lowest BCUT2D eigenvalue weighted by atomic mass is 9.96. The number of aromatic nitrogens is 7. The summed E-state index contributed by atoms with van der Waals surface area (Å²) in [4.78, 5) is 29.5. The number of aryl methyl sites for hydroxylation is 1. The molecule has 1 amide bonds. The van der Waals surface area contributed by atoms with Gasteiger partial charge in [0.2, 0.25) is 0 Å². The number of carbonyl (C=O) groups excluding carboxylic acids is 1. The van der Waals surface area contributed by atoms with Gasteiger partial charge >= 0.3 is 11.8 Å². The van der Waals surface area contributed by atoms with E-state index in [9.17, 15) is 4.79 Å². The second-order valence-electron chi connectivity index (χ2n) is 10.9. The zero-order valence-corrected chi connectivity index (χ0v) is 25.8. The molecule has 0 aliphatic carbocycles. The van der Waals surface area contributed by atoms with Gasteiger partial charge in [0, 0.05) is 40.5 Å². The van der Waals surface area contributed by atoms with E-state index in [1.54, 1.807) is 6.20 Å². The normalized spacial score (nSPS) is 11.3. The second kappa shape index (κ2) is 12.9. The smallest absolute Gasteiger partial charge is 0.315 e. The van der Waals surface area contributed by atoms with E-state index in [0.717, 1.165) is 45.0 Å². The molecule has 5 aromatic rings. The molecule has 0 spiro atoms. The van der Waals surface area contributed by atoms with Gasteiger partial charge in [-0.05, 0) is 51.0 Å². The summed E-state index contributed by atoms with van der Waals surface area (Å²) in [6.07, 6.45) is 1.73. The second-order valence-corrected chi connectivity index (χ2v) is 11.3. The van der Waals surface area contributed by atoms with Crippen molar-refractivity contribution >= 4 is 28.7 Å². The number of halogens is 1. The molecule has 4 aromatic heterocycles. The van der Waals surface area contributed by atoms with Crippen LogP contribution in [0.25, 0.3) is 33.7 Å². The van der Waals surface area contributed by atoms with Crippen LogP contribution in [0, 0.1) is 13.8 Å². The SMILES string of the molecule is C.CC.Cc1nn(C(C)C)c(C)c1-c1nc2nccc(-c3ccc(CNC(=O)c4nc(C(C)(C)C)no4)c(Cl)c3)c2[nH]1. The molecule has 42 heavy (non-hydrogen) atoms. The number of imidazole rings is 1. The van der Waals surface area contributed by atoms with Crippen LogP contribution in [0.5, 0.6) is 0 Å². The monoisotopic (exact) mass is 592 g/mol. The predicted molar refractivity (Wildman–Crippen MR) is 168 cm³/mol. The van der Waals surface area contributed by atoms with Gasteiger partial charge in [0.1, 0.15) is 5.82 Å². The van der Waals surface area contributed by atoms with Crippen LogP contribution in [0.3, 0.4) is 0 Å². The average molecular weight is 593 g/mol. The maximum atomic E-state index is 12.5. The van der Waals surface area contributed by atoms with Crippen molar-refractivity contribution < 1.29 is 9.32 Å².